The van der Waals surface area contributed by atoms with Gasteiger partial charge in [-0.2, -0.15) is 0 Å². The number of nitrogens with one attached hydrogen (secondary N) is 1. The van der Waals surface area contributed by atoms with Gasteiger partial charge in [0.15, 0.2) is 0 Å². The van der Waals surface area contributed by atoms with Crippen LogP contribution in [0.2, 0.25) is 0 Å². The molecule has 2 heterocycles. The molecule has 0 unspecified atom stereocenters. The van der Waals surface area contributed by atoms with Gasteiger partial charge in [-0.05, 0) is 23.1 Å². The lowest BCUT2D eigenvalue weighted by Gasteiger charge is -2.22. The molecule has 0 aliphatic heterocycles. The second-order valence-electron chi connectivity index (χ2n) is 7.05. The Balaban J connectivity index is 2.08. The lowest BCUT2D eigenvalue weighted by atomic mass is 9.84. The van der Waals surface area contributed by atoms with Crippen LogP contribution in [0.3, 0.4) is 0 Å². The molecule has 1 N–H and O–H groups in total. The van der Waals surface area contributed by atoms with Gasteiger partial charge in [0.05, 0.1) is 11.2 Å². The third-order valence-corrected chi connectivity index (χ3v) is 4.41. The first-order valence-corrected chi connectivity index (χ1v) is 8.01. The summed E-state index contributed by atoms with van der Waals surface area (Å²) in [5.74, 6) is 0. The number of hydrogen-bond acceptors (Lipinski definition) is 1. The van der Waals surface area contributed by atoms with Gasteiger partial charge in [0, 0.05) is 28.0 Å². The molecule has 0 aliphatic rings. The average Bonchev–Trinajstić information content (AvgIpc) is 2.93. The van der Waals surface area contributed by atoms with Gasteiger partial charge in [0.1, 0.15) is 0 Å². The maximum Gasteiger partial charge on any atom is 0.0760 e. The number of aromatic amines is 1. The van der Waals surface area contributed by atoms with Crippen LogP contribution in [0.15, 0.2) is 60.8 Å². The van der Waals surface area contributed by atoms with Gasteiger partial charge in [-0.15, -0.1) is 0 Å². The summed E-state index contributed by atoms with van der Waals surface area (Å²) in [6, 6.07) is 19.1. The number of H-pyrrole nitrogens is 1. The first-order chi connectivity index (χ1) is 11.1. The van der Waals surface area contributed by atoms with Crippen molar-refractivity contribution in [2.24, 2.45) is 0 Å². The molecule has 23 heavy (non-hydrogen) atoms. The predicted molar refractivity (Wildman–Crippen MR) is 97.7 cm³/mol. The number of aromatic nitrogens is 2. The molecule has 2 nitrogen and oxygen atoms in total. The van der Waals surface area contributed by atoms with Crippen LogP contribution in [-0.4, -0.2) is 9.97 Å². The van der Waals surface area contributed by atoms with Crippen molar-refractivity contribution in [3.05, 3.63) is 66.4 Å². The van der Waals surface area contributed by atoms with Crippen molar-refractivity contribution < 1.29 is 0 Å². The van der Waals surface area contributed by atoms with E-state index in [9.17, 15) is 0 Å². The monoisotopic (exact) mass is 300 g/mol. The van der Waals surface area contributed by atoms with Crippen molar-refractivity contribution in [2.75, 3.05) is 0 Å². The zero-order chi connectivity index (χ0) is 16.0. The normalized spacial score (nSPS) is 12.1. The van der Waals surface area contributed by atoms with Crippen molar-refractivity contribution in [1.29, 1.82) is 0 Å². The molecule has 2 aromatic heterocycles. The second-order valence-corrected chi connectivity index (χ2v) is 7.05. The van der Waals surface area contributed by atoms with Crippen LogP contribution in [0.25, 0.3) is 33.1 Å². The van der Waals surface area contributed by atoms with E-state index in [4.69, 9.17) is 4.98 Å². The molecule has 0 bridgehead atoms. The van der Waals surface area contributed by atoms with Gasteiger partial charge in [-0.3, -0.25) is 4.98 Å². The van der Waals surface area contributed by atoms with E-state index in [2.05, 4.69) is 74.3 Å². The first kappa shape index (κ1) is 14.0. The van der Waals surface area contributed by atoms with Crippen LogP contribution in [-0.2, 0) is 5.41 Å². The van der Waals surface area contributed by atoms with E-state index in [-0.39, 0.29) is 5.41 Å². The van der Waals surface area contributed by atoms with Crippen LogP contribution in [0, 0.1) is 0 Å². The topological polar surface area (TPSA) is 28.7 Å². The van der Waals surface area contributed by atoms with E-state index in [0.717, 1.165) is 11.2 Å². The quantitative estimate of drug-likeness (QED) is 0.481. The standard InChI is InChI=1S/C21H20N2/c1-21(2,3)17-11-7-13-22-20(17)16-10-6-9-15-14-8-4-5-12-18(14)23-19(15)16/h4-13,23H,1-3H3. The second kappa shape index (κ2) is 4.95. The maximum absolute atomic E-state index is 4.72. The molecule has 0 amide bonds. The molecule has 0 radical (unpaired) electrons. The van der Waals surface area contributed by atoms with E-state index in [0.29, 0.717) is 0 Å². The van der Waals surface area contributed by atoms with Gasteiger partial charge >= 0.3 is 0 Å². The van der Waals surface area contributed by atoms with Crippen molar-refractivity contribution >= 4 is 21.8 Å². The van der Waals surface area contributed by atoms with Gasteiger partial charge < -0.3 is 4.98 Å². The summed E-state index contributed by atoms with van der Waals surface area (Å²) in [4.78, 5) is 8.30. The highest BCUT2D eigenvalue weighted by Crippen LogP contribution is 2.36. The molecule has 0 spiro atoms. The van der Waals surface area contributed by atoms with E-state index >= 15 is 0 Å². The smallest absolute Gasteiger partial charge is 0.0760 e. The fraction of sp³-hybridized carbons (Fsp3) is 0.190. The van der Waals surface area contributed by atoms with Gasteiger partial charge in [0.2, 0.25) is 0 Å². The highest BCUT2D eigenvalue weighted by Gasteiger charge is 2.21. The summed E-state index contributed by atoms with van der Waals surface area (Å²) in [6.07, 6.45) is 1.88. The van der Waals surface area contributed by atoms with Gasteiger partial charge in [0.25, 0.3) is 0 Å². The molecule has 4 aromatic rings. The summed E-state index contributed by atoms with van der Waals surface area (Å²) < 4.78 is 0. The highest BCUT2D eigenvalue weighted by molar-refractivity contribution is 6.11. The van der Waals surface area contributed by atoms with Crippen molar-refractivity contribution in [3.63, 3.8) is 0 Å². The number of nitrogens with zero attached hydrogens (tertiary/aromatic N) is 1. The molecule has 0 aliphatic carbocycles. The van der Waals surface area contributed by atoms with E-state index in [1.165, 1.54) is 27.4 Å². The number of rotatable bonds is 1. The summed E-state index contributed by atoms with van der Waals surface area (Å²) in [5.41, 5.74) is 5.89. The maximum atomic E-state index is 4.72. The summed E-state index contributed by atoms with van der Waals surface area (Å²) in [7, 11) is 0. The largest absolute Gasteiger partial charge is 0.354 e. The summed E-state index contributed by atoms with van der Waals surface area (Å²) >= 11 is 0. The molecule has 0 fully saturated rings. The van der Waals surface area contributed by atoms with Crippen molar-refractivity contribution in [1.82, 2.24) is 9.97 Å². The summed E-state index contributed by atoms with van der Waals surface area (Å²) in [5, 5.41) is 2.52. The van der Waals surface area contributed by atoms with E-state index in [1.54, 1.807) is 0 Å². The number of benzene rings is 2. The molecule has 4 rings (SSSR count). The molecule has 0 atom stereocenters. The minimum atomic E-state index is 0.0533. The zero-order valence-corrected chi connectivity index (χ0v) is 13.7. The fourth-order valence-electron chi connectivity index (χ4n) is 3.30. The molecule has 0 saturated heterocycles. The molecule has 2 heteroatoms. The third-order valence-electron chi connectivity index (χ3n) is 4.41. The Bertz CT molecular complexity index is 1000. The zero-order valence-electron chi connectivity index (χ0n) is 13.7. The Hall–Kier alpha value is -2.61. The predicted octanol–water partition coefficient (Wildman–Crippen LogP) is 5.68. The molecule has 0 saturated carbocycles. The third kappa shape index (κ3) is 2.22. The number of hydrogen-bond donors (Lipinski definition) is 1. The minimum absolute atomic E-state index is 0.0533. The van der Waals surface area contributed by atoms with E-state index in [1.807, 2.05) is 12.3 Å². The highest BCUT2D eigenvalue weighted by atomic mass is 14.7. The Morgan fingerprint density at radius 1 is 0.826 bits per heavy atom. The SMILES string of the molecule is CC(C)(C)c1cccnc1-c1cccc2c1[nH]c1ccccc12. The van der Waals surface area contributed by atoms with Crippen LogP contribution in [0.5, 0.6) is 0 Å². The van der Waals surface area contributed by atoms with Crippen molar-refractivity contribution in [2.45, 2.75) is 26.2 Å². The van der Waals surface area contributed by atoms with E-state index < -0.39 is 0 Å². The number of pyridine rings is 1. The molecular weight excluding hydrogens is 280 g/mol. The Kier molecular flexibility index (Phi) is 3.02. The first-order valence-electron chi connectivity index (χ1n) is 8.01. The Morgan fingerprint density at radius 3 is 2.43 bits per heavy atom. The number of fused-ring (bicyclic) bond motifs is 3. The van der Waals surface area contributed by atoms with Gasteiger partial charge in [-0.1, -0.05) is 63.2 Å². The molecule has 2 aromatic carbocycles. The lowest BCUT2D eigenvalue weighted by molar-refractivity contribution is 0.589. The lowest BCUT2D eigenvalue weighted by Crippen LogP contribution is -2.13. The average molecular weight is 300 g/mol. The van der Waals surface area contributed by atoms with Crippen molar-refractivity contribution in [3.8, 4) is 11.3 Å². The minimum Gasteiger partial charge on any atom is -0.354 e. The summed E-state index contributed by atoms with van der Waals surface area (Å²) in [6.45, 7) is 6.70. The Labute approximate surface area is 136 Å². The Morgan fingerprint density at radius 2 is 1.61 bits per heavy atom. The fourth-order valence-corrected chi connectivity index (χ4v) is 3.30. The molecule has 114 valence electrons. The van der Waals surface area contributed by atoms with Crippen LogP contribution in [0.4, 0.5) is 0 Å². The van der Waals surface area contributed by atoms with Gasteiger partial charge in [-0.25, -0.2) is 0 Å². The molecular formula is C21H20N2. The van der Waals surface area contributed by atoms with Crippen LogP contribution in [0.1, 0.15) is 26.3 Å². The van der Waals surface area contributed by atoms with Crippen LogP contribution < -0.4 is 0 Å². The van der Waals surface area contributed by atoms with Crippen LogP contribution >= 0.6 is 0 Å². The number of para-hydroxylation sites is 2.